The first kappa shape index (κ1) is 8.02. The second-order valence-corrected chi connectivity index (χ2v) is 3.95. The molecule has 1 aliphatic rings. The van der Waals surface area contributed by atoms with Gasteiger partial charge in [-0.25, -0.2) is 0 Å². The Morgan fingerprint density at radius 1 is 1.40 bits per heavy atom. The van der Waals surface area contributed by atoms with Crippen molar-refractivity contribution in [3.05, 3.63) is 0 Å². The average molecular weight is 142 g/mol. The molecule has 0 radical (unpaired) electrons. The largest absolute Gasteiger partial charge is 0.271 e. The first-order valence-corrected chi connectivity index (χ1v) is 4.13. The van der Waals surface area contributed by atoms with E-state index in [4.69, 9.17) is 5.84 Å². The van der Waals surface area contributed by atoms with Gasteiger partial charge >= 0.3 is 0 Å². The zero-order valence-electron chi connectivity index (χ0n) is 6.98. The Morgan fingerprint density at radius 2 is 2.10 bits per heavy atom. The molecule has 0 aromatic rings. The predicted octanol–water partition coefficient (Wildman–Crippen LogP) is 1.42. The van der Waals surface area contributed by atoms with Gasteiger partial charge in [0.2, 0.25) is 0 Å². The minimum absolute atomic E-state index is 0.410. The van der Waals surface area contributed by atoms with Crippen LogP contribution in [0.4, 0.5) is 0 Å². The fraction of sp³-hybridized carbons (Fsp3) is 1.00. The molecule has 10 heavy (non-hydrogen) atoms. The van der Waals surface area contributed by atoms with E-state index >= 15 is 0 Å². The maximum absolute atomic E-state index is 5.43. The minimum atomic E-state index is 0.410. The van der Waals surface area contributed by atoms with Crippen LogP contribution in [0, 0.1) is 5.41 Å². The molecule has 0 heterocycles. The summed E-state index contributed by atoms with van der Waals surface area (Å²) in [6, 6.07) is 0.529. The normalized spacial score (nSPS) is 32.1. The van der Waals surface area contributed by atoms with E-state index in [1.807, 2.05) is 0 Å². The van der Waals surface area contributed by atoms with Crippen molar-refractivity contribution in [2.24, 2.45) is 11.3 Å². The third-order valence-electron chi connectivity index (χ3n) is 2.71. The Kier molecular flexibility index (Phi) is 2.32. The third kappa shape index (κ3) is 1.50. The fourth-order valence-corrected chi connectivity index (χ4v) is 1.80. The highest BCUT2D eigenvalue weighted by Gasteiger charge is 2.30. The summed E-state index contributed by atoms with van der Waals surface area (Å²) in [4.78, 5) is 0. The van der Waals surface area contributed by atoms with Gasteiger partial charge in [-0.2, -0.15) is 0 Å². The van der Waals surface area contributed by atoms with E-state index in [0.717, 1.165) is 0 Å². The van der Waals surface area contributed by atoms with E-state index in [-0.39, 0.29) is 0 Å². The molecule has 0 amide bonds. The second kappa shape index (κ2) is 2.89. The molecule has 1 saturated carbocycles. The van der Waals surface area contributed by atoms with Crippen molar-refractivity contribution in [1.82, 2.24) is 5.43 Å². The lowest BCUT2D eigenvalue weighted by Crippen LogP contribution is -2.47. The van der Waals surface area contributed by atoms with Gasteiger partial charge in [0.25, 0.3) is 0 Å². The Bertz CT molecular complexity index is 110. The highest BCUT2D eigenvalue weighted by Crippen LogP contribution is 2.34. The van der Waals surface area contributed by atoms with Gasteiger partial charge in [0.05, 0.1) is 0 Å². The molecule has 3 N–H and O–H groups in total. The molecule has 60 valence electrons. The molecule has 2 nitrogen and oxygen atoms in total. The standard InChI is InChI=1S/C8H18N2/c1-8(2)6-4-3-5-7(8)10-9/h7,10H,3-6,9H2,1-2H3. The van der Waals surface area contributed by atoms with Crippen LogP contribution in [0.1, 0.15) is 39.5 Å². The van der Waals surface area contributed by atoms with Gasteiger partial charge in [-0.1, -0.05) is 26.7 Å². The zero-order valence-corrected chi connectivity index (χ0v) is 6.98. The molecule has 0 spiro atoms. The molecule has 0 aromatic carbocycles. The van der Waals surface area contributed by atoms with Crippen LogP contribution in [0.3, 0.4) is 0 Å². The van der Waals surface area contributed by atoms with Crippen molar-refractivity contribution >= 4 is 0 Å². The van der Waals surface area contributed by atoms with Gasteiger partial charge in [-0.3, -0.25) is 11.3 Å². The summed E-state index contributed by atoms with van der Waals surface area (Å²) >= 11 is 0. The molecule has 2 heteroatoms. The number of rotatable bonds is 1. The summed E-state index contributed by atoms with van der Waals surface area (Å²) in [7, 11) is 0. The second-order valence-electron chi connectivity index (χ2n) is 3.95. The maximum atomic E-state index is 5.43. The summed E-state index contributed by atoms with van der Waals surface area (Å²) in [5, 5.41) is 0. The van der Waals surface area contributed by atoms with Crippen LogP contribution in [-0.2, 0) is 0 Å². The fourth-order valence-electron chi connectivity index (χ4n) is 1.80. The molecule has 0 aliphatic heterocycles. The molecule has 0 saturated heterocycles. The van der Waals surface area contributed by atoms with Crippen molar-refractivity contribution < 1.29 is 0 Å². The number of nitrogens with two attached hydrogens (primary N) is 1. The highest BCUT2D eigenvalue weighted by molar-refractivity contribution is 4.86. The number of hydrogen-bond donors (Lipinski definition) is 2. The number of hydrazine groups is 1. The average Bonchev–Trinajstić information content (AvgIpc) is 1.87. The monoisotopic (exact) mass is 142 g/mol. The van der Waals surface area contributed by atoms with Crippen LogP contribution in [0.5, 0.6) is 0 Å². The van der Waals surface area contributed by atoms with Crippen LogP contribution in [0.15, 0.2) is 0 Å². The van der Waals surface area contributed by atoms with Crippen LogP contribution in [-0.4, -0.2) is 6.04 Å². The van der Waals surface area contributed by atoms with Crippen molar-refractivity contribution in [2.45, 2.75) is 45.6 Å². The van der Waals surface area contributed by atoms with E-state index in [0.29, 0.717) is 11.5 Å². The molecule has 1 unspecified atom stereocenters. The van der Waals surface area contributed by atoms with Gasteiger partial charge in [0, 0.05) is 6.04 Å². The van der Waals surface area contributed by atoms with Crippen molar-refractivity contribution in [2.75, 3.05) is 0 Å². The maximum Gasteiger partial charge on any atom is 0.0261 e. The van der Waals surface area contributed by atoms with Gasteiger partial charge in [0.1, 0.15) is 0 Å². The highest BCUT2D eigenvalue weighted by atomic mass is 15.2. The topological polar surface area (TPSA) is 38.0 Å². The first-order chi connectivity index (χ1) is 4.67. The molecule has 1 atom stereocenters. The third-order valence-corrected chi connectivity index (χ3v) is 2.71. The summed E-state index contributed by atoms with van der Waals surface area (Å²) in [5.74, 6) is 5.43. The first-order valence-electron chi connectivity index (χ1n) is 4.13. The summed E-state index contributed by atoms with van der Waals surface area (Å²) in [5.41, 5.74) is 3.30. The number of nitrogens with one attached hydrogen (secondary N) is 1. The van der Waals surface area contributed by atoms with Crippen molar-refractivity contribution in [1.29, 1.82) is 0 Å². The molecule has 0 bridgehead atoms. The summed E-state index contributed by atoms with van der Waals surface area (Å²) in [6.07, 6.45) is 5.24. The zero-order chi connectivity index (χ0) is 7.61. The molecule has 1 aliphatic carbocycles. The van der Waals surface area contributed by atoms with E-state index < -0.39 is 0 Å². The Labute approximate surface area is 63.1 Å². The lowest BCUT2D eigenvalue weighted by Gasteiger charge is -2.37. The molecule has 0 aromatic heterocycles. The SMILES string of the molecule is CC1(C)CCCCC1NN. The lowest BCUT2D eigenvalue weighted by molar-refractivity contribution is 0.169. The van der Waals surface area contributed by atoms with Gasteiger partial charge in [-0.05, 0) is 18.3 Å². The van der Waals surface area contributed by atoms with Crippen molar-refractivity contribution in [3.8, 4) is 0 Å². The summed E-state index contributed by atoms with van der Waals surface area (Å²) in [6.45, 7) is 4.58. The Morgan fingerprint density at radius 3 is 2.50 bits per heavy atom. The molecule has 1 fully saturated rings. The smallest absolute Gasteiger partial charge is 0.0261 e. The molecular formula is C8H18N2. The Balaban J connectivity index is 2.51. The van der Waals surface area contributed by atoms with Crippen LogP contribution < -0.4 is 11.3 Å². The van der Waals surface area contributed by atoms with Gasteiger partial charge in [0.15, 0.2) is 0 Å². The lowest BCUT2D eigenvalue weighted by atomic mass is 9.74. The van der Waals surface area contributed by atoms with E-state index in [1.165, 1.54) is 25.7 Å². The summed E-state index contributed by atoms with van der Waals surface area (Å²) < 4.78 is 0. The minimum Gasteiger partial charge on any atom is -0.271 e. The van der Waals surface area contributed by atoms with E-state index in [2.05, 4.69) is 19.3 Å². The quantitative estimate of drug-likeness (QED) is 0.429. The van der Waals surface area contributed by atoms with Crippen LogP contribution in [0.2, 0.25) is 0 Å². The van der Waals surface area contributed by atoms with Crippen molar-refractivity contribution in [3.63, 3.8) is 0 Å². The van der Waals surface area contributed by atoms with Gasteiger partial charge in [-0.15, -0.1) is 0 Å². The molecule has 1 rings (SSSR count). The van der Waals surface area contributed by atoms with Crippen LogP contribution in [0.25, 0.3) is 0 Å². The van der Waals surface area contributed by atoms with Crippen LogP contribution >= 0.6 is 0 Å². The molecular weight excluding hydrogens is 124 g/mol. The predicted molar refractivity (Wildman–Crippen MR) is 43.4 cm³/mol. The number of hydrogen-bond acceptors (Lipinski definition) is 2. The Hall–Kier alpha value is -0.0800. The van der Waals surface area contributed by atoms with E-state index in [1.54, 1.807) is 0 Å². The van der Waals surface area contributed by atoms with Gasteiger partial charge < -0.3 is 0 Å². The van der Waals surface area contributed by atoms with E-state index in [9.17, 15) is 0 Å².